The van der Waals surface area contributed by atoms with Gasteiger partial charge >= 0.3 is 0 Å². The summed E-state index contributed by atoms with van der Waals surface area (Å²) in [5, 5.41) is 15.9. The minimum atomic E-state index is -1.09. The van der Waals surface area contributed by atoms with Gasteiger partial charge in [-0.3, -0.25) is 14.4 Å². The number of fused-ring (bicyclic) bond motifs is 1. The van der Waals surface area contributed by atoms with E-state index in [1.807, 2.05) is 6.92 Å². The Kier molecular flexibility index (Phi) is 5.98. The third kappa shape index (κ3) is 3.41. The summed E-state index contributed by atoms with van der Waals surface area (Å²) >= 11 is 6.21. The maximum Gasteiger partial charge on any atom is 0.250 e. The number of anilines is 1. The Hall–Kier alpha value is -2.16. The van der Waals surface area contributed by atoms with Crippen LogP contribution in [0.3, 0.4) is 0 Å². The average Bonchev–Trinajstić information content (AvgIpc) is 3.40. The van der Waals surface area contributed by atoms with Crippen molar-refractivity contribution in [1.29, 1.82) is 0 Å². The van der Waals surface area contributed by atoms with E-state index in [-0.39, 0.29) is 18.4 Å². The van der Waals surface area contributed by atoms with Crippen molar-refractivity contribution in [2.45, 2.75) is 56.9 Å². The minimum Gasteiger partial charge on any atom is -0.394 e. The van der Waals surface area contributed by atoms with Crippen LogP contribution in [-0.2, 0) is 19.1 Å². The lowest BCUT2D eigenvalue weighted by molar-refractivity contribution is -0.143. The third-order valence-electron chi connectivity index (χ3n) is 6.71. The number of carbonyl (C=O) groups is 3. The van der Waals surface area contributed by atoms with Gasteiger partial charge in [-0.15, -0.1) is 0 Å². The molecule has 4 rings (SSSR count). The Morgan fingerprint density at radius 1 is 1.35 bits per heavy atom. The molecule has 0 radical (unpaired) electrons. The molecule has 2 unspecified atom stereocenters. The molecule has 3 aliphatic rings. The number of hydrogen-bond donors (Lipinski definition) is 3. The molecule has 0 aromatic heterocycles. The van der Waals surface area contributed by atoms with Crippen LogP contribution in [0.1, 0.15) is 33.1 Å². The third-order valence-corrected chi connectivity index (χ3v) is 7.04. The molecule has 3 fully saturated rings. The number of carbonyl (C=O) groups excluding carboxylic acids is 3. The summed E-state index contributed by atoms with van der Waals surface area (Å²) in [6, 6.07) is 5.29. The van der Waals surface area contributed by atoms with Gasteiger partial charge < -0.3 is 25.4 Å². The number of amides is 3. The van der Waals surface area contributed by atoms with E-state index < -0.39 is 41.5 Å². The summed E-state index contributed by atoms with van der Waals surface area (Å²) in [5.74, 6) is -2.35. The van der Waals surface area contributed by atoms with Gasteiger partial charge in [-0.2, -0.15) is 0 Å². The number of aliphatic hydroxyl groups excluding tert-OH is 1. The zero-order chi connectivity index (χ0) is 22.3. The number of halogens is 1. The summed E-state index contributed by atoms with van der Waals surface area (Å²) < 4.78 is 6.30. The van der Waals surface area contributed by atoms with Crippen LogP contribution >= 0.6 is 11.6 Å². The molecule has 3 amide bonds. The van der Waals surface area contributed by atoms with Crippen LogP contribution in [0.25, 0.3) is 0 Å². The molecule has 3 heterocycles. The minimum absolute atomic E-state index is 0.212. The van der Waals surface area contributed by atoms with E-state index in [0.717, 1.165) is 6.42 Å². The molecule has 8 nitrogen and oxygen atoms in total. The normalized spacial score (nSPS) is 32.1. The lowest BCUT2D eigenvalue weighted by Gasteiger charge is -2.35. The van der Waals surface area contributed by atoms with Crippen molar-refractivity contribution in [3.8, 4) is 0 Å². The highest BCUT2D eigenvalue weighted by Crippen LogP contribution is 2.58. The Morgan fingerprint density at radius 2 is 2.10 bits per heavy atom. The monoisotopic (exact) mass is 449 g/mol. The van der Waals surface area contributed by atoms with Gasteiger partial charge in [-0.1, -0.05) is 30.7 Å². The Morgan fingerprint density at radius 3 is 2.77 bits per heavy atom. The number of rotatable bonds is 7. The fourth-order valence-corrected chi connectivity index (χ4v) is 5.57. The van der Waals surface area contributed by atoms with Crippen LogP contribution in [-0.4, -0.2) is 64.7 Å². The van der Waals surface area contributed by atoms with E-state index in [4.69, 9.17) is 16.3 Å². The Labute approximate surface area is 186 Å². The van der Waals surface area contributed by atoms with Crippen LogP contribution in [0.2, 0.25) is 5.02 Å². The average molecular weight is 450 g/mol. The number of hydrogen-bond acceptors (Lipinski definition) is 5. The van der Waals surface area contributed by atoms with Gasteiger partial charge in [0.15, 0.2) is 0 Å². The quantitative estimate of drug-likeness (QED) is 0.585. The summed E-state index contributed by atoms with van der Waals surface area (Å²) in [7, 11) is 0. The van der Waals surface area contributed by atoms with Crippen molar-refractivity contribution in [2.24, 2.45) is 11.8 Å². The molecular formula is C22H28ClN3O5. The molecule has 6 atom stereocenters. The number of aliphatic hydroxyl groups is 1. The fraction of sp³-hybridized carbons (Fsp3) is 0.591. The van der Waals surface area contributed by atoms with Crippen LogP contribution in [0, 0.1) is 11.8 Å². The molecule has 2 bridgehead atoms. The summed E-state index contributed by atoms with van der Waals surface area (Å²) in [6.07, 6.45) is 1.49. The first-order valence-electron chi connectivity index (χ1n) is 10.8. The first-order chi connectivity index (χ1) is 14.9. The number of nitrogens with zero attached hydrogens (tertiary/aromatic N) is 1. The molecule has 31 heavy (non-hydrogen) atoms. The smallest absolute Gasteiger partial charge is 0.250 e. The molecule has 3 saturated heterocycles. The number of likely N-dealkylation sites (tertiary alicyclic amines) is 1. The Balaban J connectivity index is 1.70. The van der Waals surface area contributed by atoms with Crippen molar-refractivity contribution >= 4 is 35.0 Å². The van der Waals surface area contributed by atoms with Crippen molar-refractivity contribution in [1.82, 2.24) is 10.2 Å². The largest absolute Gasteiger partial charge is 0.394 e. The highest BCUT2D eigenvalue weighted by atomic mass is 35.5. The number of para-hydroxylation sites is 1. The van der Waals surface area contributed by atoms with Gasteiger partial charge in [-0.05, 0) is 38.3 Å². The molecular weight excluding hydrogens is 422 g/mol. The summed E-state index contributed by atoms with van der Waals surface area (Å²) in [6.45, 7) is 3.85. The van der Waals surface area contributed by atoms with Crippen molar-refractivity contribution in [3.05, 3.63) is 29.3 Å². The van der Waals surface area contributed by atoms with Crippen molar-refractivity contribution in [3.63, 3.8) is 0 Å². The van der Waals surface area contributed by atoms with Gasteiger partial charge in [-0.25, -0.2) is 0 Å². The SMILES string of the molecule is CCCNC(=O)[C@@H]1[C@H]2C(=O)N([C@H](C)CO)C(C(=O)Nc3ccccc3Cl)C23CC[C@H]1O3. The van der Waals surface area contributed by atoms with E-state index in [0.29, 0.717) is 30.1 Å². The zero-order valence-corrected chi connectivity index (χ0v) is 18.4. The second kappa shape index (κ2) is 8.41. The lowest BCUT2D eigenvalue weighted by Crippen LogP contribution is -2.55. The van der Waals surface area contributed by atoms with Crippen LogP contribution in [0.15, 0.2) is 24.3 Å². The zero-order valence-electron chi connectivity index (χ0n) is 17.6. The molecule has 3 N–H and O–H groups in total. The maximum atomic E-state index is 13.5. The lowest BCUT2D eigenvalue weighted by atomic mass is 9.70. The van der Waals surface area contributed by atoms with Gasteiger partial charge in [0, 0.05) is 6.54 Å². The highest BCUT2D eigenvalue weighted by Gasteiger charge is 2.74. The molecule has 1 aromatic rings. The standard InChI is InChI=1S/C22H28ClN3O5/c1-3-10-24-19(28)16-15-8-9-22(31-15)17(16)21(30)26(12(2)11-27)18(22)20(29)25-14-7-5-4-6-13(14)23/h4-7,12,15-18,27H,3,8-11H2,1-2H3,(H,24,28)(H,25,29)/t12-,15-,16+,17+,18?,22?/m1/s1. The van der Waals surface area contributed by atoms with Crippen LogP contribution in [0.4, 0.5) is 5.69 Å². The van der Waals surface area contributed by atoms with E-state index in [2.05, 4.69) is 10.6 Å². The van der Waals surface area contributed by atoms with E-state index in [9.17, 15) is 19.5 Å². The van der Waals surface area contributed by atoms with Crippen molar-refractivity contribution < 1.29 is 24.2 Å². The van der Waals surface area contributed by atoms with Crippen LogP contribution in [0.5, 0.6) is 0 Å². The molecule has 1 spiro atoms. The number of benzene rings is 1. The molecule has 0 aliphatic carbocycles. The molecule has 1 aromatic carbocycles. The maximum absolute atomic E-state index is 13.5. The van der Waals surface area contributed by atoms with E-state index in [1.54, 1.807) is 31.2 Å². The Bertz CT molecular complexity index is 896. The molecule has 168 valence electrons. The fourth-order valence-electron chi connectivity index (χ4n) is 5.38. The van der Waals surface area contributed by atoms with E-state index in [1.165, 1.54) is 4.90 Å². The molecule has 0 saturated carbocycles. The first-order valence-corrected chi connectivity index (χ1v) is 11.2. The van der Waals surface area contributed by atoms with Gasteiger partial charge in [0.05, 0.1) is 41.3 Å². The predicted octanol–water partition coefficient (Wildman–Crippen LogP) is 1.56. The second-order valence-electron chi connectivity index (χ2n) is 8.59. The summed E-state index contributed by atoms with van der Waals surface area (Å²) in [5.41, 5.74) is -0.659. The van der Waals surface area contributed by atoms with Gasteiger partial charge in [0.25, 0.3) is 0 Å². The number of ether oxygens (including phenoxy) is 1. The van der Waals surface area contributed by atoms with E-state index >= 15 is 0 Å². The van der Waals surface area contributed by atoms with Crippen molar-refractivity contribution in [2.75, 3.05) is 18.5 Å². The molecule has 9 heteroatoms. The predicted molar refractivity (Wildman–Crippen MR) is 114 cm³/mol. The molecule has 3 aliphatic heterocycles. The summed E-state index contributed by atoms with van der Waals surface area (Å²) in [4.78, 5) is 41.3. The first kappa shape index (κ1) is 22.0. The van der Waals surface area contributed by atoms with Gasteiger partial charge in [0.1, 0.15) is 11.6 Å². The highest BCUT2D eigenvalue weighted by molar-refractivity contribution is 6.33. The van der Waals surface area contributed by atoms with Gasteiger partial charge in [0.2, 0.25) is 17.7 Å². The second-order valence-corrected chi connectivity index (χ2v) is 9.00. The number of nitrogens with one attached hydrogen (secondary N) is 2. The van der Waals surface area contributed by atoms with Crippen LogP contribution < -0.4 is 10.6 Å². The topological polar surface area (TPSA) is 108 Å².